The smallest absolute Gasteiger partial charge is 0.311 e. The summed E-state index contributed by atoms with van der Waals surface area (Å²) in [4.78, 5) is 29.7. The molecule has 0 saturated carbocycles. The van der Waals surface area contributed by atoms with E-state index in [0.717, 1.165) is 10.4 Å². The van der Waals surface area contributed by atoms with E-state index in [1.165, 1.54) is 37.6 Å². The number of nitrogens with zero attached hydrogens (tertiary/aromatic N) is 4. The van der Waals surface area contributed by atoms with Gasteiger partial charge in [-0.1, -0.05) is 12.1 Å². The number of carbonyl (C=O) groups excluding carboxylic acids is 1. The molecule has 0 saturated heterocycles. The van der Waals surface area contributed by atoms with Crippen LogP contribution in [0.1, 0.15) is 34.6 Å². The van der Waals surface area contributed by atoms with Crippen LogP contribution in [0.15, 0.2) is 66.0 Å². The normalized spacial score (nSPS) is 11.8. The van der Waals surface area contributed by atoms with Crippen LogP contribution < -0.4 is 15.6 Å². The Hall–Kier alpha value is -4.47. The van der Waals surface area contributed by atoms with Crippen LogP contribution in [0.3, 0.4) is 0 Å². The summed E-state index contributed by atoms with van der Waals surface area (Å²) in [5.74, 6) is -1.18. The second kappa shape index (κ2) is 9.18. The molecule has 0 bridgehead atoms. The molecular formula is C24H22FN5O4. The molecule has 0 aliphatic heterocycles. The van der Waals surface area contributed by atoms with Crippen LogP contribution in [0, 0.1) is 12.7 Å². The molecule has 0 radical (unpaired) electrons. The third-order valence-electron chi connectivity index (χ3n) is 5.38. The summed E-state index contributed by atoms with van der Waals surface area (Å²) in [6.07, 6.45) is 4.65. The van der Waals surface area contributed by atoms with Crippen molar-refractivity contribution in [2.45, 2.75) is 19.9 Å². The zero-order valence-electron chi connectivity index (χ0n) is 18.7. The summed E-state index contributed by atoms with van der Waals surface area (Å²) >= 11 is 0. The number of rotatable bonds is 6. The third kappa shape index (κ3) is 4.38. The molecule has 10 heteroatoms. The minimum absolute atomic E-state index is 0.133. The average molecular weight is 463 g/mol. The Morgan fingerprint density at radius 1 is 1.21 bits per heavy atom. The van der Waals surface area contributed by atoms with Gasteiger partial charge in [-0.05, 0) is 49.7 Å². The average Bonchev–Trinajstić information content (AvgIpc) is 3.27. The Morgan fingerprint density at radius 2 is 1.94 bits per heavy atom. The van der Waals surface area contributed by atoms with Gasteiger partial charge in [0.05, 0.1) is 37.1 Å². The van der Waals surface area contributed by atoms with E-state index in [1.54, 1.807) is 36.0 Å². The van der Waals surface area contributed by atoms with Gasteiger partial charge in [-0.15, -0.1) is 0 Å². The first-order chi connectivity index (χ1) is 16.3. The highest BCUT2D eigenvalue weighted by molar-refractivity contribution is 6.05. The number of hydrogen-bond acceptors (Lipinski definition) is 6. The number of aromatic nitrogens is 4. The molecule has 174 valence electrons. The molecule has 34 heavy (non-hydrogen) atoms. The molecule has 1 unspecified atom stereocenters. The molecule has 1 amide bonds. The Balaban J connectivity index is 1.58. The molecule has 2 aromatic carbocycles. The summed E-state index contributed by atoms with van der Waals surface area (Å²) in [6, 6.07) is 9.89. The van der Waals surface area contributed by atoms with Crippen LogP contribution in [-0.4, -0.2) is 37.5 Å². The highest BCUT2D eigenvalue weighted by Crippen LogP contribution is 2.26. The molecule has 2 aromatic heterocycles. The summed E-state index contributed by atoms with van der Waals surface area (Å²) in [5, 5.41) is 17.0. The lowest BCUT2D eigenvalue weighted by molar-refractivity contribution is 0.102. The number of hydrogen-bond donors (Lipinski definition) is 2. The number of aryl methyl sites for hydroxylation is 1. The van der Waals surface area contributed by atoms with Crippen LogP contribution in [0.5, 0.6) is 11.5 Å². The molecule has 2 heterocycles. The van der Waals surface area contributed by atoms with Crippen LogP contribution in [-0.2, 0) is 0 Å². The molecule has 2 N–H and O–H groups in total. The van der Waals surface area contributed by atoms with E-state index in [-0.39, 0.29) is 11.3 Å². The first-order valence-corrected chi connectivity index (χ1v) is 10.3. The van der Waals surface area contributed by atoms with Crippen molar-refractivity contribution in [2.75, 3.05) is 12.4 Å². The molecule has 9 nitrogen and oxygen atoms in total. The van der Waals surface area contributed by atoms with Gasteiger partial charge in [0.15, 0.2) is 0 Å². The number of halogens is 1. The molecule has 1 atom stereocenters. The molecule has 0 spiro atoms. The monoisotopic (exact) mass is 463 g/mol. The summed E-state index contributed by atoms with van der Waals surface area (Å²) in [7, 11) is 1.49. The van der Waals surface area contributed by atoms with Gasteiger partial charge in [-0.3, -0.25) is 9.59 Å². The fourth-order valence-electron chi connectivity index (χ4n) is 3.49. The van der Waals surface area contributed by atoms with E-state index < -0.39 is 29.1 Å². The molecule has 4 aromatic rings. The maximum atomic E-state index is 13.2. The Labute approximate surface area is 194 Å². The molecule has 0 aliphatic carbocycles. The quantitative estimate of drug-likeness (QED) is 0.453. The molecule has 4 rings (SSSR count). The lowest BCUT2D eigenvalue weighted by Crippen LogP contribution is -2.27. The highest BCUT2D eigenvalue weighted by atomic mass is 19.1. The second-order valence-electron chi connectivity index (χ2n) is 7.65. The number of nitrogens with one attached hydrogen (secondary N) is 1. The van der Waals surface area contributed by atoms with E-state index in [2.05, 4.69) is 15.4 Å². The Bertz CT molecular complexity index is 1410. The fraction of sp³-hybridized carbons (Fsp3) is 0.167. The van der Waals surface area contributed by atoms with Crippen molar-refractivity contribution >= 4 is 11.6 Å². The van der Waals surface area contributed by atoms with Crippen molar-refractivity contribution in [3.8, 4) is 17.2 Å². The third-order valence-corrected chi connectivity index (χ3v) is 5.38. The number of aromatic hydroxyl groups is 1. The van der Waals surface area contributed by atoms with Gasteiger partial charge in [0.2, 0.25) is 5.75 Å². The minimum atomic E-state index is -0.793. The van der Waals surface area contributed by atoms with Crippen LogP contribution in [0.4, 0.5) is 10.1 Å². The SMILES string of the molecule is COc1cc(C(=O)Nc2cnn(C(C)c3ccc(F)cc3)c(=O)c2O)ccc1-n1cnc(C)c1. The minimum Gasteiger partial charge on any atom is -0.501 e. The molecule has 0 aliphatic rings. The number of amides is 1. The largest absolute Gasteiger partial charge is 0.501 e. The van der Waals surface area contributed by atoms with Gasteiger partial charge in [0.25, 0.3) is 5.91 Å². The van der Waals surface area contributed by atoms with Crippen molar-refractivity contribution in [2.24, 2.45) is 0 Å². The number of imidazole rings is 1. The zero-order valence-corrected chi connectivity index (χ0v) is 18.7. The second-order valence-corrected chi connectivity index (χ2v) is 7.65. The number of carbonyl (C=O) groups is 1. The topological polar surface area (TPSA) is 111 Å². The van der Waals surface area contributed by atoms with Crippen LogP contribution in [0.2, 0.25) is 0 Å². The fourth-order valence-corrected chi connectivity index (χ4v) is 3.49. The first kappa shape index (κ1) is 22.7. The summed E-state index contributed by atoms with van der Waals surface area (Å²) in [6.45, 7) is 3.55. The van der Waals surface area contributed by atoms with Gasteiger partial charge in [0.1, 0.15) is 17.3 Å². The summed E-state index contributed by atoms with van der Waals surface area (Å²) < 4.78 is 21.4. The van der Waals surface area contributed by atoms with E-state index in [1.807, 2.05) is 13.1 Å². The standard InChI is InChI=1S/C24H22FN5O4/c1-14-12-29(13-26-14)20-9-6-17(10-21(20)34-3)23(32)28-19-11-27-30(24(33)22(19)31)15(2)16-4-7-18(25)8-5-16/h4-13,15,31H,1-3H3,(H,28,32). The maximum Gasteiger partial charge on any atom is 0.311 e. The number of methoxy groups -OCH3 is 1. The van der Waals surface area contributed by atoms with E-state index in [4.69, 9.17) is 4.74 Å². The van der Waals surface area contributed by atoms with Gasteiger partial charge < -0.3 is 19.7 Å². The lowest BCUT2D eigenvalue weighted by atomic mass is 10.1. The van der Waals surface area contributed by atoms with Crippen LogP contribution >= 0.6 is 0 Å². The predicted molar refractivity (Wildman–Crippen MR) is 123 cm³/mol. The molecule has 0 fully saturated rings. The van der Waals surface area contributed by atoms with Crippen molar-refractivity contribution in [3.63, 3.8) is 0 Å². The predicted octanol–water partition coefficient (Wildman–Crippen LogP) is 3.45. The summed E-state index contributed by atoms with van der Waals surface area (Å²) in [5.41, 5.74) is 1.48. The maximum absolute atomic E-state index is 13.2. The Morgan fingerprint density at radius 3 is 2.59 bits per heavy atom. The highest BCUT2D eigenvalue weighted by Gasteiger charge is 2.19. The van der Waals surface area contributed by atoms with Gasteiger partial charge in [-0.25, -0.2) is 14.1 Å². The number of benzene rings is 2. The van der Waals surface area contributed by atoms with Crippen molar-refractivity contribution < 1.29 is 19.0 Å². The number of ether oxygens (including phenoxy) is 1. The lowest BCUT2D eigenvalue weighted by Gasteiger charge is -2.16. The van der Waals surface area contributed by atoms with Crippen molar-refractivity contribution in [1.82, 2.24) is 19.3 Å². The molecular weight excluding hydrogens is 441 g/mol. The van der Waals surface area contributed by atoms with Crippen LogP contribution in [0.25, 0.3) is 5.69 Å². The first-order valence-electron chi connectivity index (χ1n) is 10.3. The van der Waals surface area contributed by atoms with Crippen molar-refractivity contribution in [3.05, 3.63) is 94.2 Å². The van der Waals surface area contributed by atoms with E-state index in [0.29, 0.717) is 17.0 Å². The number of anilines is 1. The van der Waals surface area contributed by atoms with Gasteiger partial charge >= 0.3 is 5.56 Å². The zero-order chi connectivity index (χ0) is 24.4. The van der Waals surface area contributed by atoms with E-state index >= 15 is 0 Å². The van der Waals surface area contributed by atoms with Gasteiger partial charge in [-0.2, -0.15) is 5.10 Å². The Kier molecular flexibility index (Phi) is 6.13. The van der Waals surface area contributed by atoms with Crippen molar-refractivity contribution in [1.29, 1.82) is 0 Å². The van der Waals surface area contributed by atoms with E-state index in [9.17, 15) is 19.1 Å². The van der Waals surface area contributed by atoms with Gasteiger partial charge in [0, 0.05) is 11.8 Å².